The van der Waals surface area contributed by atoms with Gasteiger partial charge >= 0.3 is 5.97 Å². The second-order valence-electron chi connectivity index (χ2n) is 8.10. The number of unbranched alkanes of at least 4 members (excludes halogenated alkanes) is 8. The van der Waals surface area contributed by atoms with Crippen molar-refractivity contribution >= 4 is 11.7 Å². The van der Waals surface area contributed by atoms with Crippen molar-refractivity contribution in [2.24, 2.45) is 5.92 Å². The average molecular weight is 403 g/mol. The van der Waals surface area contributed by atoms with Crippen molar-refractivity contribution in [3.8, 4) is 0 Å². The maximum Gasteiger partial charge on any atom is 0.341 e. The Morgan fingerprint density at radius 1 is 0.966 bits per heavy atom. The number of ether oxygens (including phenoxy) is 1. The van der Waals surface area contributed by atoms with E-state index in [0.717, 1.165) is 12.8 Å². The van der Waals surface area contributed by atoms with Gasteiger partial charge in [0, 0.05) is 6.20 Å². The summed E-state index contributed by atoms with van der Waals surface area (Å²) in [7, 11) is 0. The molecule has 0 radical (unpaired) electrons. The van der Waals surface area contributed by atoms with Crippen LogP contribution in [0.3, 0.4) is 0 Å². The van der Waals surface area contributed by atoms with Crippen LogP contribution in [-0.4, -0.2) is 32.2 Å². The van der Waals surface area contributed by atoms with Crippen molar-refractivity contribution in [3.05, 3.63) is 23.8 Å². The van der Waals surface area contributed by atoms with Crippen LogP contribution < -0.4 is 0 Å². The van der Waals surface area contributed by atoms with Crippen LogP contribution in [0, 0.1) is 12.8 Å². The van der Waals surface area contributed by atoms with E-state index in [1.807, 2.05) is 6.92 Å². The molecule has 29 heavy (non-hydrogen) atoms. The molecule has 6 nitrogen and oxygen atoms in total. The molecule has 6 heteroatoms. The van der Waals surface area contributed by atoms with Gasteiger partial charge in [0.1, 0.15) is 6.33 Å². The van der Waals surface area contributed by atoms with Gasteiger partial charge in [-0.2, -0.15) is 10.1 Å². The van der Waals surface area contributed by atoms with Crippen molar-refractivity contribution in [1.82, 2.24) is 19.6 Å². The number of hydrogen-bond acceptors (Lipinski definition) is 5. The Morgan fingerprint density at radius 2 is 1.59 bits per heavy atom. The van der Waals surface area contributed by atoms with Gasteiger partial charge in [-0.05, 0) is 25.7 Å². The minimum atomic E-state index is -0.311. The Bertz CT molecular complexity index is 729. The molecule has 1 unspecified atom stereocenters. The number of carbonyl (C=O) groups excluding carboxylic acids is 1. The number of rotatable bonds is 15. The molecule has 162 valence electrons. The third-order valence-corrected chi connectivity index (χ3v) is 5.65. The van der Waals surface area contributed by atoms with Crippen molar-refractivity contribution in [2.75, 3.05) is 6.61 Å². The molecular formula is C23H38N4O2. The van der Waals surface area contributed by atoms with E-state index in [9.17, 15) is 4.79 Å². The van der Waals surface area contributed by atoms with E-state index >= 15 is 0 Å². The van der Waals surface area contributed by atoms with Gasteiger partial charge in [0.15, 0.2) is 0 Å². The number of carbonyl (C=O) groups is 1. The molecule has 0 saturated carbocycles. The van der Waals surface area contributed by atoms with Crippen molar-refractivity contribution in [2.45, 2.75) is 97.8 Å². The van der Waals surface area contributed by atoms with Crippen LogP contribution in [0.15, 0.2) is 12.5 Å². The van der Waals surface area contributed by atoms with Gasteiger partial charge in [-0.3, -0.25) is 0 Å². The highest BCUT2D eigenvalue weighted by atomic mass is 16.5. The molecule has 1 atom stereocenters. The molecule has 0 aliphatic carbocycles. The molecule has 0 amide bonds. The summed E-state index contributed by atoms with van der Waals surface area (Å²) in [5, 5.41) is 4.12. The van der Waals surface area contributed by atoms with E-state index in [4.69, 9.17) is 4.74 Å². The lowest BCUT2D eigenvalue weighted by molar-refractivity contribution is 0.0420. The van der Waals surface area contributed by atoms with Gasteiger partial charge in [0.05, 0.1) is 17.9 Å². The zero-order valence-corrected chi connectivity index (χ0v) is 18.5. The van der Waals surface area contributed by atoms with Crippen LogP contribution >= 0.6 is 0 Å². The molecule has 0 aromatic carbocycles. The van der Waals surface area contributed by atoms with Gasteiger partial charge in [0.25, 0.3) is 5.78 Å². The van der Waals surface area contributed by atoms with E-state index in [0.29, 0.717) is 29.6 Å². The second kappa shape index (κ2) is 13.3. The van der Waals surface area contributed by atoms with Gasteiger partial charge in [-0.1, -0.05) is 78.1 Å². The zero-order valence-electron chi connectivity index (χ0n) is 18.5. The van der Waals surface area contributed by atoms with Gasteiger partial charge < -0.3 is 4.74 Å². The van der Waals surface area contributed by atoms with Crippen LogP contribution in [0.1, 0.15) is 107 Å². The fourth-order valence-corrected chi connectivity index (χ4v) is 3.75. The highest BCUT2D eigenvalue weighted by Crippen LogP contribution is 2.20. The Kier molecular flexibility index (Phi) is 10.7. The molecular weight excluding hydrogens is 364 g/mol. The highest BCUT2D eigenvalue weighted by molar-refractivity contribution is 5.90. The number of aryl methyl sites for hydroxylation is 1. The first-order valence-electron chi connectivity index (χ1n) is 11.5. The SMILES string of the molecule is CCCCCCCCC(CCCCCC)COC(=O)c1cnc2ncnn2c1C. The summed E-state index contributed by atoms with van der Waals surface area (Å²) >= 11 is 0. The third-order valence-electron chi connectivity index (χ3n) is 5.65. The maximum absolute atomic E-state index is 12.6. The topological polar surface area (TPSA) is 69.4 Å². The third kappa shape index (κ3) is 7.75. The number of fused-ring (bicyclic) bond motifs is 1. The monoisotopic (exact) mass is 402 g/mol. The Morgan fingerprint density at radius 3 is 2.28 bits per heavy atom. The van der Waals surface area contributed by atoms with Crippen molar-refractivity contribution in [1.29, 1.82) is 0 Å². The molecule has 0 spiro atoms. The van der Waals surface area contributed by atoms with Gasteiger partial charge in [-0.25, -0.2) is 14.3 Å². The van der Waals surface area contributed by atoms with E-state index in [-0.39, 0.29) is 5.97 Å². The molecule has 0 saturated heterocycles. The molecule has 0 aliphatic heterocycles. The molecule has 2 aromatic heterocycles. The molecule has 0 bridgehead atoms. The van der Waals surface area contributed by atoms with Crippen molar-refractivity contribution in [3.63, 3.8) is 0 Å². The molecule has 2 heterocycles. The second-order valence-corrected chi connectivity index (χ2v) is 8.10. The summed E-state index contributed by atoms with van der Waals surface area (Å²) in [5.41, 5.74) is 1.18. The first kappa shape index (κ1) is 23.3. The fraction of sp³-hybridized carbons (Fsp3) is 0.739. The summed E-state index contributed by atoms with van der Waals surface area (Å²) < 4.78 is 7.29. The van der Waals surface area contributed by atoms with Crippen molar-refractivity contribution < 1.29 is 9.53 Å². The molecule has 0 N–H and O–H groups in total. The normalized spacial score (nSPS) is 12.4. The number of hydrogen-bond donors (Lipinski definition) is 0. The lowest BCUT2D eigenvalue weighted by Gasteiger charge is -2.17. The average Bonchev–Trinajstić information content (AvgIpc) is 3.21. The quantitative estimate of drug-likeness (QED) is 0.273. The number of nitrogens with zero attached hydrogens (tertiary/aromatic N) is 4. The Balaban J connectivity index is 1.85. The number of aromatic nitrogens is 4. The minimum Gasteiger partial charge on any atom is -0.462 e. The summed E-state index contributed by atoms with van der Waals surface area (Å²) in [5.74, 6) is 0.634. The predicted molar refractivity (Wildman–Crippen MR) is 116 cm³/mol. The van der Waals surface area contributed by atoms with E-state index < -0.39 is 0 Å². The van der Waals surface area contributed by atoms with E-state index in [1.54, 1.807) is 10.7 Å². The largest absolute Gasteiger partial charge is 0.462 e. The molecule has 0 fully saturated rings. The van der Waals surface area contributed by atoms with Crippen LogP contribution in [0.25, 0.3) is 5.78 Å². The summed E-state index contributed by atoms with van der Waals surface area (Å²) in [6.07, 6.45) is 18.1. The molecule has 2 rings (SSSR count). The molecule has 2 aromatic rings. The standard InChI is InChI=1S/C23H38N4O2/c1-4-6-8-10-11-13-15-20(14-12-9-7-5-2)17-29-22(28)21-16-24-23-25-18-26-27(23)19(21)3/h16,18,20H,4-15,17H2,1-3H3. The Hall–Kier alpha value is -1.98. The van der Waals surface area contributed by atoms with Gasteiger partial charge in [-0.15, -0.1) is 0 Å². The lowest BCUT2D eigenvalue weighted by atomic mass is 9.95. The summed E-state index contributed by atoms with van der Waals surface area (Å²) in [6.45, 7) is 6.82. The highest BCUT2D eigenvalue weighted by Gasteiger charge is 2.17. The van der Waals surface area contributed by atoms with E-state index in [2.05, 4.69) is 28.9 Å². The first-order chi connectivity index (χ1) is 14.2. The van der Waals surface area contributed by atoms with Crippen LogP contribution in [0.4, 0.5) is 0 Å². The summed E-state index contributed by atoms with van der Waals surface area (Å²) in [6, 6.07) is 0. The summed E-state index contributed by atoms with van der Waals surface area (Å²) in [4.78, 5) is 20.9. The number of esters is 1. The van der Waals surface area contributed by atoms with Gasteiger partial charge in [0.2, 0.25) is 0 Å². The lowest BCUT2D eigenvalue weighted by Crippen LogP contribution is -2.17. The predicted octanol–water partition coefficient (Wildman–Crippen LogP) is 5.93. The minimum absolute atomic E-state index is 0.311. The maximum atomic E-state index is 12.6. The zero-order chi connectivity index (χ0) is 20.9. The van der Waals surface area contributed by atoms with Crippen LogP contribution in [0.2, 0.25) is 0 Å². The smallest absolute Gasteiger partial charge is 0.341 e. The van der Waals surface area contributed by atoms with Crippen LogP contribution in [0.5, 0.6) is 0 Å². The Labute approximate surface area is 175 Å². The first-order valence-corrected chi connectivity index (χ1v) is 11.5. The molecule has 0 aliphatic rings. The van der Waals surface area contributed by atoms with E-state index in [1.165, 1.54) is 70.5 Å². The fourth-order valence-electron chi connectivity index (χ4n) is 3.75. The van der Waals surface area contributed by atoms with Crippen LogP contribution in [-0.2, 0) is 4.74 Å².